The van der Waals surface area contributed by atoms with Crippen molar-refractivity contribution in [3.8, 4) is 0 Å². The number of nitrogens with zero attached hydrogens (tertiary/aromatic N) is 2. The summed E-state index contributed by atoms with van der Waals surface area (Å²) in [5.41, 5.74) is 0.769. The van der Waals surface area contributed by atoms with Crippen molar-refractivity contribution < 1.29 is 0 Å². The van der Waals surface area contributed by atoms with Crippen molar-refractivity contribution in [3.63, 3.8) is 0 Å². The fourth-order valence-corrected chi connectivity index (χ4v) is 0.839. The predicted octanol–water partition coefficient (Wildman–Crippen LogP) is 0.0226. The number of fused-ring (bicyclic) bond motifs is 1. The minimum absolute atomic E-state index is 0.120. The first-order valence-electron chi connectivity index (χ1n) is 2.88. The molecule has 0 unspecified atom stereocenters. The summed E-state index contributed by atoms with van der Waals surface area (Å²) < 4.78 is 1.57. The molecule has 0 aromatic carbocycles. The van der Waals surface area contributed by atoms with E-state index in [0.717, 1.165) is 5.52 Å². The largest absolute Gasteiger partial charge is 0.268 e. The van der Waals surface area contributed by atoms with Gasteiger partial charge in [0.05, 0.1) is 11.7 Å². The van der Waals surface area contributed by atoms with Gasteiger partial charge in [0.15, 0.2) is 0 Å². The smallest absolute Gasteiger partial charge is 0.262 e. The number of rotatable bonds is 0. The van der Waals surface area contributed by atoms with Crippen LogP contribution in [0.1, 0.15) is 0 Å². The highest BCUT2D eigenvalue weighted by Gasteiger charge is 1.89. The highest BCUT2D eigenvalue weighted by atomic mass is 16.1. The summed E-state index contributed by atoms with van der Waals surface area (Å²) in [4.78, 5) is 14.5. The third-order valence-corrected chi connectivity index (χ3v) is 1.30. The SMILES string of the molecule is O=c1ccc2cncn2[nH]1. The normalized spacial score (nSPS) is 10.4. The molecule has 2 rings (SSSR count). The molecular weight excluding hydrogens is 130 g/mol. The molecule has 50 valence electrons. The van der Waals surface area contributed by atoms with Crippen LogP contribution >= 0.6 is 0 Å². The minimum Gasteiger partial charge on any atom is -0.268 e. The predicted molar refractivity (Wildman–Crippen MR) is 35.8 cm³/mol. The van der Waals surface area contributed by atoms with Gasteiger partial charge in [0.25, 0.3) is 5.56 Å². The zero-order chi connectivity index (χ0) is 6.97. The van der Waals surface area contributed by atoms with Crippen LogP contribution in [0.4, 0.5) is 0 Å². The van der Waals surface area contributed by atoms with Gasteiger partial charge < -0.3 is 0 Å². The Morgan fingerprint density at radius 3 is 3.30 bits per heavy atom. The van der Waals surface area contributed by atoms with E-state index in [1.165, 1.54) is 6.07 Å². The Bertz CT molecular complexity index is 400. The maximum Gasteiger partial charge on any atom is 0.262 e. The van der Waals surface area contributed by atoms with Gasteiger partial charge in [-0.05, 0) is 6.07 Å². The van der Waals surface area contributed by atoms with E-state index in [0.29, 0.717) is 0 Å². The quantitative estimate of drug-likeness (QED) is 0.553. The van der Waals surface area contributed by atoms with Gasteiger partial charge in [-0.3, -0.25) is 9.89 Å². The van der Waals surface area contributed by atoms with Gasteiger partial charge in [0.2, 0.25) is 0 Å². The van der Waals surface area contributed by atoms with Crippen LogP contribution in [-0.4, -0.2) is 14.6 Å². The summed E-state index contributed by atoms with van der Waals surface area (Å²) >= 11 is 0. The first-order valence-corrected chi connectivity index (χ1v) is 2.88. The molecule has 0 amide bonds. The Morgan fingerprint density at radius 1 is 1.50 bits per heavy atom. The zero-order valence-corrected chi connectivity index (χ0v) is 5.11. The van der Waals surface area contributed by atoms with Gasteiger partial charge in [-0.15, -0.1) is 0 Å². The monoisotopic (exact) mass is 135 g/mol. The number of hydrogen-bond donors (Lipinski definition) is 1. The standard InChI is InChI=1S/C6H5N3O/c10-6-2-1-5-3-7-4-9(5)8-6/h1-4H,(H,8,10). The van der Waals surface area contributed by atoms with Crippen LogP contribution in [0.5, 0.6) is 0 Å². The molecular formula is C6H5N3O. The summed E-state index contributed by atoms with van der Waals surface area (Å²) in [6.45, 7) is 0. The number of nitrogens with one attached hydrogen (secondary N) is 1. The fraction of sp³-hybridized carbons (Fsp3) is 0. The van der Waals surface area contributed by atoms with Gasteiger partial charge >= 0.3 is 0 Å². The van der Waals surface area contributed by atoms with Crippen molar-refractivity contribution in [1.29, 1.82) is 0 Å². The number of imidazole rings is 1. The molecule has 0 aliphatic heterocycles. The highest BCUT2D eigenvalue weighted by molar-refractivity contribution is 5.41. The molecule has 0 atom stereocenters. The van der Waals surface area contributed by atoms with Crippen molar-refractivity contribution in [3.05, 3.63) is 35.0 Å². The second kappa shape index (κ2) is 1.70. The summed E-state index contributed by atoms with van der Waals surface area (Å²) in [6, 6.07) is 3.18. The second-order valence-electron chi connectivity index (χ2n) is 2.00. The summed E-state index contributed by atoms with van der Waals surface area (Å²) in [5.74, 6) is 0. The molecule has 2 aromatic heterocycles. The van der Waals surface area contributed by atoms with E-state index < -0.39 is 0 Å². The lowest BCUT2D eigenvalue weighted by Crippen LogP contribution is -2.07. The van der Waals surface area contributed by atoms with E-state index in [9.17, 15) is 4.79 Å². The Balaban J connectivity index is 2.99. The Labute approximate surface area is 56.1 Å². The Kier molecular flexibility index (Phi) is 0.887. The van der Waals surface area contributed by atoms with Gasteiger partial charge in [0.1, 0.15) is 6.33 Å². The van der Waals surface area contributed by atoms with Crippen molar-refractivity contribution in [2.45, 2.75) is 0 Å². The molecule has 0 aliphatic rings. The molecule has 0 spiro atoms. The molecule has 10 heavy (non-hydrogen) atoms. The summed E-state index contributed by atoms with van der Waals surface area (Å²) in [6.07, 6.45) is 3.23. The molecule has 0 saturated heterocycles. The zero-order valence-electron chi connectivity index (χ0n) is 5.11. The van der Waals surface area contributed by atoms with E-state index >= 15 is 0 Å². The Hall–Kier alpha value is -1.58. The molecule has 4 nitrogen and oxygen atoms in total. The van der Waals surface area contributed by atoms with Crippen LogP contribution in [0.25, 0.3) is 5.52 Å². The van der Waals surface area contributed by atoms with E-state index in [4.69, 9.17) is 0 Å². The first-order chi connectivity index (χ1) is 4.86. The molecule has 1 N–H and O–H groups in total. The third kappa shape index (κ3) is 0.621. The Morgan fingerprint density at radius 2 is 2.40 bits per heavy atom. The van der Waals surface area contributed by atoms with Crippen molar-refractivity contribution in [2.24, 2.45) is 0 Å². The van der Waals surface area contributed by atoms with Crippen LogP contribution in [0.15, 0.2) is 29.5 Å². The highest BCUT2D eigenvalue weighted by Crippen LogP contribution is 1.93. The second-order valence-corrected chi connectivity index (χ2v) is 2.00. The lowest BCUT2D eigenvalue weighted by Gasteiger charge is -1.88. The maximum atomic E-state index is 10.7. The molecule has 0 fully saturated rings. The van der Waals surface area contributed by atoms with Crippen LogP contribution in [-0.2, 0) is 0 Å². The maximum absolute atomic E-state index is 10.7. The van der Waals surface area contributed by atoms with Gasteiger partial charge in [-0.25, -0.2) is 9.50 Å². The number of H-pyrrole nitrogens is 1. The third-order valence-electron chi connectivity index (χ3n) is 1.30. The van der Waals surface area contributed by atoms with Crippen molar-refractivity contribution in [1.82, 2.24) is 14.6 Å². The van der Waals surface area contributed by atoms with Crippen molar-refractivity contribution in [2.75, 3.05) is 0 Å². The van der Waals surface area contributed by atoms with Gasteiger partial charge in [0, 0.05) is 6.07 Å². The van der Waals surface area contributed by atoms with Crippen LogP contribution < -0.4 is 5.56 Å². The molecule has 2 heterocycles. The van der Waals surface area contributed by atoms with E-state index in [1.54, 1.807) is 23.1 Å². The van der Waals surface area contributed by atoms with Crippen LogP contribution in [0.2, 0.25) is 0 Å². The first kappa shape index (κ1) is 5.22. The fourth-order valence-electron chi connectivity index (χ4n) is 0.839. The number of hydrogen-bond acceptors (Lipinski definition) is 2. The van der Waals surface area contributed by atoms with Gasteiger partial charge in [-0.1, -0.05) is 0 Å². The molecule has 4 heteroatoms. The lowest BCUT2D eigenvalue weighted by atomic mass is 10.5. The van der Waals surface area contributed by atoms with E-state index in [2.05, 4.69) is 10.1 Å². The summed E-state index contributed by atoms with van der Waals surface area (Å²) in [7, 11) is 0. The number of aromatic amines is 1. The molecule has 0 bridgehead atoms. The average Bonchev–Trinajstić information content (AvgIpc) is 2.33. The topological polar surface area (TPSA) is 50.2 Å². The van der Waals surface area contributed by atoms with E-state index in [-0.39, 0.29) is 5.56 Å². The summed E-state index contributed by atoms with van der Waals surface area (Å²) in [5, 5.41) is 2.57. The van der Waals surface area contributed by atoms with E-state index in [1.807, 2.05) is 0 Å². The molecule has 0 radical (unpaired) electrons. The van der Waals surface area contributed by atoms with Gasteiger partial charge in [-0.2, -0.15) is 0 Å². The molecule has 2 aromatic rings. The lowest BCUT2D eigenvalue weighted by molar-refractivity contribution is 0.897. The van der Waals surface area contributed by atoms with Crippen LogP contribution in [0.3, 0.4) is 0 Å². The van der Waals surface area contributed by atoms with Crippen molar-refractivity contribution >= 4 is 5.52 Å². The average molecular weight is 135 g/mol. The molecule has 0 aliphatic carbocycles. The van der Waals surface area contributed by atoms with Crippen LogP contribution in [0, 0.1) is 0 Å². The minimum atomic E-state index is -0.120. The molecule has 0 saturated carbocycles. The number of aromatic nitrogens is 3.